The molecule has 1 aromatic rings. The second-order valence-corrected chi connectivity index (χ2v) is 6.13. The number of thiazole rings is 1. The number of aromatic nitrogens is 1. The monoisotopic (exact) mass is 317 g/mol. The van der Waals surface area contributed by atoms with E-state index in [0.29, 0.717) is 25.1 Å². The Kier molecular flexibility index (Phi) is 7.38. The molecule has 1 rings (SSSR count). The number of aryl methyl sites for hydroxylation is 1. The molecular formula is C12H19N3O3S2. The van der Waals surface area contributed by atoms with Crippen molar-refractivity contribution in [2.75, 3.05) is 18.6 Å². The van der Waals surface area contributed by atoms with Crippen LogP contribution in [0.25, 0.3) is 0 Å². The first-order chi connectivity index (χ1) is 9.52. The number of nitrogens with zero attached hydrogens (tertiary/aromatic N) is 1. The summed E-state index contributed by atoms with van der Waals surface area (Å²) in [6.07, 6.45) is 2.96. The zero-order valence-electron chi connectivity index (χ0n) is 11.5. The molecule has 3 N–H and O–H groups in total. The van der Waals surface area contributed by atoms with Crippen molar-refractivity contribution in [1.82, 2.24) is 15.6 Å². The normalized spacial score (nSPS) is 11.9. The van der Waals surface area contributed by atoms with Crippen LogP contribution in [0.1, 0.15) is 17.1 Å². The minimum atomic E-state index is -1.01. The summed E-state index contributed by atoms with van der Waals surface area (Å²) in [5.41, 5.74) is 0.970. The van der Waals surface area contributed by atoms with Crippen molar-refractivity contribution in [1.29, 1.82) is 0 Å². The van der Waals surface area contributed by atoms with Crippen molar-refractivity contribution in [3.05, 3.63) is 16.1 Å². The Labute approximate surface area is 126 Å². The molecule has 0 unspecified atom stereocenters. The van der Waals surface area contributed by atoms with Crippen molar-refractivity contribution in [2.24, 2.45) is 0 Å². The van der Waals surface area contributed by atoms with Crippen molar-refractivity contribution in [3.8, 4) is 0 Å². The van der Waals surface area contributed by atoms with Gasteiger partial charge in [-0.15, -0.1) is 11.3 Å². The lowest BCUT2D eigenvalue weighted by molar-refractivity contribution is -0.139. The number of carboxylic acids is 1. The van der Waals surface area contributed by atoms with Crippen LogP contribution in [0.15, 0.2) is 5.38 Å². The molecule has 20 heavy (non-hydrogen) atoms. The van der Waals surface area contributed by atoms with Gasteiger partial charge in [0.2, 0.25) is 0 Å². The SMILES string of the molecule is CSCC[C@H](NC(=O)NCCc1nc(C)cs1)C(=O)O. The van der Waals surface area contributed by atoms with Gasteiger partial charge in [0.05, 0.1) is 5.01 Å². The Bertz CT molecular complexity index is 451. The topological polar surface area (TPSA) is 91.3 Å². The first-order valence-corrected chi connectivity index (χ1v) is 8.47. The average molecular weight is 317 g/mol. The molecule has 1 heterocycles. The molecule has 0 radical (unpaired) electrons. The van der Waals surface area contributed by atoms with E-state index in [9.17, 15) is 9.59 Å². The van der Waals surface area contributed by atoms with E-state index in [2.05, 4.69) is 15.6 Å². The highest BCUT2D eigenvalue weighted by Crippen LogP contribution is 2.08. The van der Waals surface area contributed by atoms with Gasteiger partial charge >= 0.3 is 12.0 Å². The van der Waals surface area contributed by atoms with Crippen molar-refractivity contribution in [2.45, 2.75) is 25.8 Å². The molecule has 6 nitrogen and oxygen atoms in total. The molecule has 1 atom stereocenters. The van der Waals surface area contributed by atoms with Gasteiger partial charge in [0, 0.05) is 24.0 Å². The van der Waals surface area contributed by atoms with Crippen LogP contribution >= 0.6 is 23.1 Å². The van der Waals surface area contributed by atoms with Gasteiger partial charge in [-0.3, -0.25) is 0 Å². The Morgan fingerprint density at radius 1 is 1.55 bits per heavy atom. The number of nitrogens with one attached hydrogen (secondary N) is 2. The summed E-state index contributed by atoms with van der Waals surface area (Å²) in [6.45, 7) is 2.36. The van der Waals surface area contributed by atoms with Crippen LogP contribution in [0.4, 0.5) is 4.79 Å². The van der Waals surface area contributed by atoms with Crippen molar-refractivity contribution in [3.63, 3.8) is 0 Å². The molecule has 0 aliphatic rings. The van der Waals surface area contributed by atoms with E-state index in [1.807, 2.05) is 18.6 Å². The molecule has 1 aromatic heterocycles. The zero-order chi connectivity index (χ0) is 15.0. The summed E-state index contributed by atoms with van der Waals surface area (Å²) in [7, 11) is 0. The lowest BCUT2D eigenvalue weighted by Crippen LogP contribution is -2.46. The van der Waals surface area contributed by atoms with E-state index in [4.69, 9.17) is 5.11 Å². The van der Waals surface area contributed by atoms with Gasteiger partial charge < -0.3 is 15.7 Å². The third-order valence-electron chi connectivity index (χ3n) is 2.51. The minimum Gasteiger partial charge on any atom is -0.480 e. The van der Waals surface area contributed by atoms with E-state index in [0.717, 1.165) is 10.7 Å². The van der Waals surface area contributed by atoms with E-state index < -0.39 is 18.0 Å². The maximum Gasteiger partial charge on any atom is 0.326 e. The molecule has 0 aliphatic heterocycles. The smallest absolute Gasteiger partial charge is 0.326 e. The van der Waals surface area contributed by atoms with E-state index >= 15 is 0 Å². The van der Waals surface area contributed by atoms with Crippen LogP contribution in [0.3, 0.4) is 0 Å². The van der Waals surface area contributed by atoms with Crippen molar-refractivity contribution < 1.29 is 14.7 Å². The molecule has 0 aliphatic carbocycles. The third kappa shape index (κ3) is 6.25. The van der Waals surface area contributed by atoms with Crippen molar-refractivity contribution >= 4 is 35.1 Å². The predicted molar refractivity (Wildman–Crippen MR) is 81.5 cm³/mol. The van der Waals surface area contributed by atoms with E-state index in [-0.39, 0.29) is 0 Å². The second kappa shape index (κ2) is 8.80. The van der Waals surface area contributed by atoms with Crippen LogP contribution in [-0.4, -0.2) is 46.7 Å². The number of hydrogen-bond donors (Lipinski definition) is 3. The summed E-state index contributed by atoms with van der Waals surface area (Å²) < 4.78 is 0. The van der Waals surface area contributed by atoms with Gasteiger partial charge in [0.25, 0.3) is 0 Å². The number of carbonyl (C=O) groups excluding carboxylic acids is 1. The number of thioether (sulfide) groups is 1. The number of amides is 2. The summed E-state index contributed by atoms with van der Waals surface area (Å²) in [6, 6.07) is -1.30. The Morgan fingerprint density at radius 2 is 2.30 bits per heavy atom. The first-order valence-electron chi connectivity index (χ1n) is 6.20. The summed E-state index contributed by atoms with van der Waals surface area (Å²) in [5.74, 6) is -0.319. The summed E-state index contributed by atoms with van der Waals surface area (Å²) in [4.78, 5) is 26.9. The van der Waals surface area contributed by atoms with Gasteiger partial charge in [-0.1, -0.05) is 0 Å². The summed E-state index contributed by atoms with van der Waals surface area (Å²) >= 11 is 3.10. The first kappa shape index (κ1) is 16.8. The van der Waals surface area contributed by atoms with Crippen LogP contribution in [0, 0.1) is 6.92 Å². The quantitative estimate of drug-likeness (QED) is 0.676. The van der Waals surface area contributed by atoms with Crippen LogP contribution in [0.5, 0.6) is 0 Å². The number of carboxylic acid groups (broad SMARTS) is 1. The maximum atomic E-state index is 11.6. The fraction of sp³-hybridized carbons (Fsp3) is 0.583. The zero-order valence-corrected chi connectivity index (χ0v) is 13.1. The van der Waals surface area contributed by atoms with Gasteiger partial charge in [-0.2, -0.15) is 11.8 Å². The molecule has 0 fully saturated rings. The summed E-state index contributed by atoms with van der Waals surface area (Å²) in [5, 5.41) is 17.0. The highest BCUT2D eigenvalue weighted by atomic mass is 32.2. The third-order valence-corrected chi connectivity index (χ3v) is 4.18. The molecule has 0 aromatic carbocycles. The van der Waals surface area contributed by atoms with Crippen LogP contribution in [-0.2, 0) is 11.2 Å². The molecule has 0 bridgehead atoms. The number of urea groups is 1. The Morgan fingerprint density at radius 3 is 2.85 bits per heavy atom. The second-order valence-electron chi connectivity index (χ2n) is 4.21. The fourth-order valence-electron chi connectivity index (χ4n) is 1.50. The fourth-order valence-corrected chi connectivity index (χ4v) is 2.75. The maximum absolute atomic E-state index is 11.6. The standard InChI is InChI=1S/C12H19N3O3S2/c1-8-7-20-10(14-8)3-5-13-12(18)15-9(11(16)17)4-6-19-2/h7,9H,3-6H2,1-2H3,(H,16,17)(H2,13,15,18)/t9-/m0/s1. The highest BCUT2D eigenvalue weighted by Gasteiger charge is 2.18. The predicted octanol–water partition coefficient (Wildman–Crippen LogP) is 1.50. The molecule has 112 valence electrons. The number of aliphatic carboxylic acids is 1. The Hall–Kier alpha value is -1.28. The molecule has 0 saturated heterocycles. The lowest BCUT2D eigenvalue weighted by atomic mass is 10.2. The van der Waals surface area contributed by atoms with Gasteiger partial charge in [0.15, 0.2) is 0 Å². The number of carbonyl (C=O) groups is 2. The van der Waals surface area contributed by atoms with Crippen LogP contribution < -0.4 is 10.6 Å². The molecular weight excluding hydrogens is 298 g/mol. The van der Waals surface area contributed by atoms with E-state index in [1.165, 1.54) is 0 Å². The van der Waals surface area contributed by atoms with Crippen LogP contribution in [0.2, 0.25) is 0 Å². The molecule has 0 saturated carbocycles. The minimum absolute atomic E-state index is 0.412. The molecule has 0 spiro atoms. The Balaban J connectivity index is 2.28. The van der Waals surface area contributed by atoms with Gasteiger partial charge in [-0.25, -0.2) is 14.6 Å². The lowest BCUT2D eigenvalue weighted by Gasteiger charge is -2.14. The average Bonchev–Trinajstić information content (AvgIpc) is 2.80. The highest BCUT2D eigenvalue weighted by molar-refractivity contribution is 7.98. The largest absolute Gasteiger partial charge is 0.480 e. The van der Waals surface area contributed by atoms with E-state index in [1.54, 1.807) is 23.1 Å². The molecule has 2 amide bonds. The number of hydrogen-bond acceptors (Lipinski definition) is 5. The van der Waals surface area contributed by atoms with Gasteiger partial charge in [0.1, 0.15) is 6.04 Å². The number of rotatable bonds is 8. The van der Waals surface area contributed by atoms with Gasteiger partial charge in [-0.05, 0) is 25.4 Å². The molecule has 8 heteroatoms.